The molecule has 12 nitrogen and oxygen atoms in total. The van der Waals surface area contributed by atoms with Gasteiger partial charge in [0.05, 0.1) is 0 Å². The molecule has 1 aliphatic carbocycles. The molecule has 0 saturated heterocycles. The predicted octanol–water partition coefficient (Wildman–Crippen LogP) is 9.85. The van der Waals surface area contributed by atoms with Gasteiger partial charge in [0, 0.05) is 81.6 Å². The third-order valence-electron chi connectivity index (χ3n) is 11.9. The van der Waals surface area contributed by atoms with Gasteiger partial charge in [-0.25, -0.2) is 14.4 Å². The van der Waals surface area contributed by atoms with Crippen LogP contribution in [0.5, 0.6) is 23.0 Å². The van der Waals surface area contributed by atoms with Crippen LogP contribution in [0.3, 0.4) is 0 Å². The summed E-state index contributed by atoms with van der Waals surface area (Å²) in [7, 11) is 0. The first-order valence-corrected chi connectivity index (χ1v) is 23.1. The molecule has 0 saturated carbocycles. The molecule has 4 aromatic carbocycles. The molecule has 1 amide bonds. The topological polar surface area (TPSA) is 178 Å². The molecule has 1 aliphatic rings. The third kappa shape index (κ3) is 14.8. The maximum absolute atomic E-state index is 13.3. The van der Waals surface area contributed by atoms with Gasteiger partial charge in [-0.05, 0) is 94.8 Å². The average molecular weight is 1070 g/mol. The molecule has 369 valence electrons. The second-order valence-corrected chi connectivity index (χ2v) is 21.9. The van der Waals surface area contributed by atoms with Gasteiger partial charge in [0.15, 0.2) is 26.4 Å². The average Bonchev–Trinajstić information content (AvgIpc) is 3.19. The van der Waals surface area contributed by atoms with Gasteiger partial charge < -0.3 is 39.6 Å². The normalized spacial score (nSPS) is 12.9. The largest absolute Gasteiger partial charge is 0.483 e. The van der Waals surface area contributed by atoms with E-state index in [1.54, 1.807) is 0 Å². The van der Waals surface area contributed by atoms with Crippen LogP contribution in [0, 0.1) is 49.4 Å². The van der Waals surface area contributed by atoms with Crippen molar-refractivity contribution >= 4 is 23.8 Å². The first kappa shape index (κ1) is 56.1. The molecule has 5 rings (SSSR count). The van der Waals surface area contributed by atoms with Crippen LogP contribution in [0.25, 0.3) is 0 Å². The summed E-state index contributed by atoms with van der Waals surface area (Å²) in [6.45, 7) is 25.5. The number of benzene rings is 4. The van der Waals surface area contributed by atoms with E-state index in [4.69, 9.17) is 18.9 Å². The third-order valence-corrected chi connectivity index (χ3v) is 11.9. The molecule has 0 unspecified atom stereocenters. The van der Waals surface area contributed by atoms with Crippen molar-refractivity contribution < 1.29 is 103 Å². The summed E-state index contributed by atoms with van der Waals surface area (Å²) in [5.41, 5.74) is 7.81. The van der Waals surface area contributed by atoms with Crippen molar-refractivity contribution in [3.8, 4) is 23.0 Å². The Balaban J connectivity index is 0.0000101. The summed E-state index contributed by atoms with van der Waals surface area (Å²) in [5, 5.41) is 33.1. The minimum atomic E-state index is -1.17. The number of carboxylic acids is 3. The van der Waals surface area contributed by atoms with E-state index in [0.29, 0.717) is 62.9 Å². The zero-order valence-corrected chi connectivity index (χ0v) is 44.6. The molecule has 1 radical (unpaired) electrons. The summed E-state index contributed by atoms with van der Waals surface area (Å²) in [6.07, 6.45) is 1.50. The van der Waals surface area contributed by atoms with Gasteiger partial charge in [-0.3, -0.25) is 4.79 Å². The second-order valence-electron chi connectivity index (χ2n) is 21.9. The number of carboxylic acid groups (broad SMARTS) is 3. The van der Waals surface area contributed by atoms with Gasteiger partial charge in [-0.15, -0.1) is 0 Å². The number of nitrogens with one attached hydrogen (secondary N) is 1. The Bertz CT molecular complexity index is 2380. The van der Waals surface area contributed by atoms with Gasteiger partial charge in [0.1, 0.15) is 23.0 Å². The van der Waals surface area contributed by atoms with E-state index in [1.807, 2.05) is 43.3 Å². The van der Waals surface area contributed by atoms with E-state index >= 15 is 0 Å². The zero-order chi connectivity index (χ0) is 49.8. The minimum Gasteiger partial charge on any atom is -0.483 e. The molecule has 4 N–H and O–H groups in total. The number of aliphatic carboxylic acids is 3. The van der Waals surface area contributed by atoms with E-state index in [-0.39, 0.29) is 104 Å². The Morgan fingerprint density at radius 1 is 0.426 bits per heavy atom. The Morgan fingerprint density at radius 2 is 0.632 bits per heavy atom. The van der Waals surface area contributed by atoms with Crippen LogP contribution in [-0.2, 0) is 66.5 Å². The number of hydrogen-bond donors (Lipinski definition) is 4. The minimum absolute atomic E-state index is 0. The van der Waals surface area contributed by atoms with Gasteiger partial charge in [0.2, 0.25) is 0 Å². The van der Waals surface area contributed by atoms with Crippen molar-refractivity contribution in [3.63, 3.8) is 0 Å². The van der Waals surface area contributed by atoms with E-state index in [9.17, 15) is 34.5 Å². The molecule has 0 atom stereocenters. The van der Waals surface area contributed by atoms with Crippen LogP contribution in [-0.4, -0.2) is 72.1 Å². The van der Waals surface area contributed by atoms with Gasteiger partial charge in [-0.1, -0.05) is 139 Å². The Labute approximate surface area is 443 Å². The quantitative estimate of drug-likeness (QED) is 0.0833. The first-order chi connectivity index (χ1) is 31.0. The van der Waals surface area contributed by atoms with Crippen molar-refractivity contribution in [1.29, 1.82) is 0 Å². The molecule has 68 heavy (non-hydrogen) atoms. The van der Waals surface area contributed by atoms with Gasteiger partial charge in [0.25, 0.3) is 5.91 Å². The molecule has 0 aromatic heterocycles. The van der Waals surface area contributed by atoms with Gasteiger partial charge >= 0.3 is 17.9 Å². The SMILES string of the molecule is CCCNC(=O)COc1c2cc(C(C)(C)C)cc1Cc1cc(C(C)(C)C)cc(c1OCC(=O)O)Cc1cc(C(C)(C)C)cc(c1OCC(=O)O)Cc1cc(C(C)(C)C)cc(c1OCC(=O)O)C2.[Eu]. The van der Waals surface area contributed by atoms with Crippen LogP contribution < -0.4 is 24.3 Å². The van der Waals surface area contributed by atoms with E-state index in [2.05, 4.69) is 101 Å². The summed E-state index contributed by atoms with van der Waals surface area (Å²) < 4.78 is 25.6. The smallest absolute Gasteiger partial charge is 0.341 e. The van der Waals surface area contributed by atoms with E-state index in [0.717, 1.165) is 39.8 Å². The molecule has 0 fully saturated rings. The fraction of sp³-hybridized carbons (Fsp3) is 0.491. The second kappa shape index (κ2) is 22.5. The number of ether oxygens (including phenoxy) is 4. The molecule has 13 heteroatoms. The van der Waals surface area contributed by atoms with Crippen LogP contribution in [0.4, 0.5) is 0 Å². The van der Waals surface area contributed by atoms with Crippen LogP contribution in [0.15, 0.2) is 48.5 Å². The summed E-state index contributed by atoms with van der Waals surface area (Å²) in [6, 6.07) is 16.3. The maximum atomic E-state index is 13.3. The summed E-state index contributed by atoms with van der Waals surface area (Å²) in [5.74, 6) is -2.22. The van der Waals surface area contributed by atoms with Crippen molar-refractivity contribution in [2.75, 3.05) is 33.0 Å². The number of amides is 1. The van der Waals surface area contributed by atoms with Crippen LogP contribution >= 0.6 is 0 Å². The van der Waals surface area contributed by atoms with Crippen molar-refractivity contribution in [1.82, 2.24) is 5.32 Å². The number of hydrogen-bond acceptors (Lipinski definition) is 8. The fourth-order valence-corrected chi connectivity index (χ4v) is 8.22. The molecular formula is C55H71EuNO11. The van der Waals surface area contributed by atoms with Crippen LogP contribution in [0.1, 0.15) is 163 Å². The molecule has 0 heterocycles. The van der Waals surface area contributed by atoms with Crippen LogP contribution in [0.2, 0.25) is 0 Å². The maximum Gasteiger partial charge on any atom is 0.341 e. The number of carbonyl (C=O) groups excluding carboxylic acids is 1. The number of fused-ring (bicyclic) bond motifs is 8. The predicted molar refractivity (Wildman–Crippen MR) is 260 cm³/mol. The fourth-order valence-electron chi connectivity index (χ4n) is 8.22. The first-order valence-electron chi connectivity index (χ1n) is 23.1. The number of carbonyl (C=O) groups is 4. The van der Waals surface area contributed by atoms with Crippen molar-refractivity contribution in [2.24, 2.45) is 0 Å². The van der Waals surface area contributed by atoms with E-state index < -0.39 is 43.1 Å². The molecule has 4 aromatic rings. The van der Waals surface area contributed by atoms with Crippen molar-refractivity contribution in [3.05, 3.63) is 115 Å². The Kier molecular flexibility index (Phi) is 18.6. The van der Waals surface area contributed by atoms with E-state index in [1.165, 1.54) is 0 Å². The zero-order valence-electron chi connectivity index (χ0n) is 42.2. The number of rotatable bonds is 14. The Hall–Kier alpha value is -4.46. The molecule has 8 bridgehead atoms. The molecular weight excluding hydrogens is 1000 g/mol. The standard InChI is InChI=1S/C55H71NO11.Eu/c1-14-15-56-44(57)28-64-48-32-16-34-22-41(53(5,6)7)24-36(49(34)65-29-45(58)59)18-38-26-43(55(11,12)13)27-39(51(38)67-31-47(62)63)19-37-25-42(54(8,9)10)23-35(50(37)66-30-46(60)61)17-33(48)21-40(20-32)52(2,3)4;/h20-27H,14-19,28-31H2,1-13H3,(H,56,57)(H,58,59)(H,60,61)(H,62,63);. The Morgan fingerprint density at radius 3 is 0.809 bits per heavy atom. The monoisotopic (exact) mass is 1070 g/mol. The van der Waals surface area contributed by atoms with Crippen molar-refractivity contribution in [2.45, 2.75) is 144 Å². The molecule has 0 aliphatic heterocycles. The summed E-state index contributed by atoms with van der Waals surface area (Å²) in [4.78, 5) is 50.2. The summed E-state index contributed by atoms with van der Waals surface area (Å²) >= 11 is 0. The van der Waals surface area contributed by atoms with Gasteiger partial charge in [-0.2, -0.15) is 0 Å². The molecule has 0 spiro atoms.